The second-order valence-corrected chi connectivity index (χ2v) is 5.88. The molecule has 9 nitrogen and oxygen atoms in total. The summed E-state index contributed by atoms with van der Waals surface area (Å²) in [5.41, 5.74) is 6.81. The quantitative estimate of drug-likeness (QED) is 0.511. The lowest BCUT2D eigenvalue weighted by Crippen LogP contribution is -2.46. The van der Waals surface area contributed by atoms with Gasteiger partial charge in [0.05, 0.1) is 12.4 Å². The molecule has 172 valence electrons. The van der Waals surface area contributed by atoms with Crippen molar-refractivity contribution in [2.45, 2.75) is 44.1 Å². The number of nitrogens with two attached hydrogens (primary N) is 1. The smallest absolute Gasteiger partial charge is 0.475 e. The van der Waals surface area contributed by atoms with Crippen LogP contribution in [0.1, 0.15) is 25.0 Å². The molecule has 30 heavy (non-hydrogen) atoms. The van der Waals surface area contributed by atoms with Crippen LogP contribution < -0.4 is 5.73 Å². The number of aliphatic carboxylic acids is 2. The molecule has 2 rings (SSSR count). The molecule has 15 heteroatoms. The van der Waals surface area contributed by atoms with Crippen molar-refractivity contribution in [3.8, 4) is 0 Å². The van der Waals surface area contributed by atoms with E-state index in [1.807, 2.05) is 4.90 Å². The molecule has 1 saturated heterocycles. The Balaban J connectivity index is 0.000000503. The van der Waals surface area contributed by atoms with Gasteiger partial charge >= 0.3 is 24.3 Å². The monoisotopic (exact) mass is 450 g/mol. The summed E-state index contributed by atoms with van der Waals surface area (Å²) in [4.78, 5) is 38.5. The lowest BCUT2D eigenvalue weighted by molar-refractivity contribution is -0.193. The van der Waals surface area contributed by atoms with Gasteiger partial charge in [-0.1, -0.05) is 0 Å². The van der Waals surface area contributed by atoms with Crippen molar-refractivity contribution in [2.75, 3.05) is 13.1 Å². The zero-order chi connectivity index (χ0) is 23.5. The number of nitrogens with zero attached hydrogens (tertiary/aromatic N) is 2. The number of piperidine rings is 1. The van der Waals surface area contributed by atoms with Crippen LogP contribution in [-0.2, 0) is 20.8 Å². The summed E-state index contributed by atoms with van der Waals surface area (Å²) < 4.78 is 63.5. The van der Waals surface area contributed by atoms with E-state index in [9.17, 15) is 31.1 Å². The van der Waals surface area contributed by atoms with Crippen molar-refractivity contribution in [2.24, 2.45) is 5.73 Å². The summed E-state index contributed by atoms with van der Waals surface area (Å²) in [7, 11) is 0. The van der Waals surface area contributed by atoms with Gasteiger partial charge in [-0.3, -0.25) is 4.79 Å². The van der Waals surface area contributed by atoms with Crippen molar-refractivity contribution in [3.05, 3.63) is 18.2 Å². The van der Waals surface area contributed by atoms with E-state index in [0.717, 1.165) is 31.6 Å². The SMILES string of the molecule is N[C@@H](Cc1cnc[nH]1)C(=O)N1CCCCC1.O=C(O)C(F)(F)F.O=C(O)C(F)(F)F. The Labute approximate surface area is 165 Å². The van der Waals surface area contributed by atoms with Crippen LogP contribution in [0.25, 0.3) is 0 Å². The fourth-order valence-electron chi connectivity index (χ4n) is 2.07. The molecule has 1 aliphatic heterocycles. The van der Waals surface area contributed by atoms with E-state index in [4.69, 9.17) is 25.5 Å². The Bertz CT molecular complexity index is 648. The highest BCUT2D eigenvalue weighted by atomic mass is 19.4. The predicted molar refractivity (Wildman–Crippen MR) is 88.1 cm³/mol. The molecule has 1 aromatic rings. The summed E-state index contributed by atoms with van der Waals surface area (Å²) >= 11 is 0. The molecule has 0 saturated carbocycles. The van der Waals surface area contributed by atoms with Crippen LogP contribution in [0.4, 0.5) is 26.3 Å². The van der Waals surface area contributed by atoms with Crippen LogP contribution in [0.2, 0.25) is 0 Å². The first-order valence-corrected chi connectivity index (χ1v) is 8.28. The van der Waals surface area contributed by atoms with Crippen LogP contribution in [0.15, 0.2) is 12.5 Å². The number of carboxylic acid groups (broad SMARTS) is 2. The predicted octanol–water partition coefficient (Wildman–Crippen LogP) is 1.56. The number of rotatable bonds is 3. The normalized spacial score (nSPS) is 15.1. The van der Waals surface area contributed by atoms with Gasteiger partial charge in [0.25, 0.3) is 0 Å². The van der Waals surface area contributed by atoms with Crippen molar-refractivity contribution in [3.63, 3.8) is 0 Å². The average Bonchev–Trinajstić information content (AvgIpc) is 3.14. The van der Waals surface area contributed by atoms with E-state index in [-0.39, 0.29) is 5.91 Å². The summed E-state index contributed by atoms with van der Waals surface area (Å²) in [6.45, 7) is 1.71. The number of carboxylic acids is 2. The second kappa shape index (κ2) is 12.0. The van der Waals surface area contributed by atoms with Gasteiger partial charge in [0.1, 0.15) is 0 Å². The van der Waals surface area contributed by atoms with Crippen LogP contribution in [0.5, 0.6) is 0 Å². The summed E-state index contributed by atoms with van der Waals surface area (Å²) in [6.07, 6.45) is -2.89. The highest BCUT2D eigenvalue weighted by molar-refractivity contribution is 5.82. The van der Waals surface area contributed by atoms with Crippen LogP contribution in [-0.4, -0.2) is 74.4 Å². The molecule has 1 aromatic heterocycles. The third-order valence-corrected chi connectivity index (χ3v) is 3.46. The minimum absolute atomic E-state index is 0.0642. The molecule has 0 bridgehead atoms. The number of alkyl halides is 6. The van der Waals surface area contributed by atoms with Crippen LogP contribution in [0, 0.1) is 0 Å². The van der Waals surface area contributed by atoms with Crippen molar-refractivity contribution >= 4 is 17.8 Å². The first-order chi connectivity index (χ1) is 13.7. The fraction of sp³-hybridized carbons (Fsp3) is 0.600. The number of nitrogens with one attached hydrogen (secondary N) is 1. The summed E-state index contributed by atoms with van der Waals surface area (Å²) in [5, 5.41) is 14.2. The molecular weight excluding hydrogens is 430 g/mol. The number of halogens is 6. The molecular formula is C15H20F6N4O5. The van der Waals surface area contributed by atoms with Gasteiger partial charge in [0.2, 0.25) is 5.91 Å². The number of hydrogen-bond acceptors (Lipinski definition) is 5. The van der Waals surface area contributed by atoms with Crippen molar-refractivity contribution in [1.29, 1.82) is 0 Å². The fourth-order valence-corrected chi connectivity index (χ4v) is 2.07. The largest absolute Gasteiger partial charge is 0.490 e. The molecule has 0 radical (unpaired) electrons. The van der Waals surface area contributed by atoms with E-state index in [1.165, 1.54) is 6.42 Å². The van der Waals surface area contributed by atoms with Gasteiger partial charge in [-0.2, -0.15) is 26.3 Å². The van der Waals surface area contributed by atoms with Gasteiger partial charge < -0.3 is 25.8 Å². The first-order valence-electron chi connectivity index (χ1n) is 8.28. The Morgan fingerprint density at radius 2 is 1.47 bits per heavy atom. The van der Waals surface area contributed by atoms with E-state index >= 15 is 0 Å². The number of aromatic nitrogens is 2. The molecule has 5 N–H and O–H groups in total. The standard InChI is InChI=1S/C11H18N4O.2C2HF3O2/c12-10(6-9-7-13-8-14-9)11(16)15-4-2-1-3-5-15;2*3-2(4,5)1(6)7/h7-8,10H,1-6,12H2,(H,13,14);2*(H,6,7)/t10-;;/m0../s1. The second-order valence-electron chi connectivity index (χ2n) is 5.88. The zero-order valence-corrected chi connectivity index (χ0v) is 15.3. The highest BCUT2D eigenvalue weighted by Gasteiger charge is 2.38. The lowest BCUT2D eigenvalue weighted by atomic mass is 10.1. The van der Waals surface area contributed by atoms with E-state index in [2.05, 4.69) is 9.97 Å². The van der Waals surface area contributed by atoms with E-state index in [1.54, 1.807) is 12.5 Å². The maximum absolute atomic E-state index is 12.0. The maximum atomic E-state index is 12.0. The number of amides is 1. The maximum Gasteiger partial charge on any atom is 0.490 e. The number of aromatic amines is 1. The van der Waals surface area contributed by atoms with Crippen molar-refractivity contribution < 1.29 is 50.9 Å². The first kappa shape index (κ1) is 27.2. The third kappa shape index (κ3) is 11.2. The number of hydrogen-bond donors (Lipinski definition) is 4. The molecule has 1 aliphatic rings. The lowest BCUT2D eigenvalue weighted by Gasteiger charge is -2.28. The number of carbonyl (C=O) groups excluding carboxylic acids is 1. The van der Waals surface area contributed by atoms with Gasteiger partial charge in [-0.25, -0.2) is 14.6 Å². The zero-order valence-electron chi connectivity index (χ0n) is 15.3. The van der Waals surface area contributed by atoms with E-state index < -0.39 is 30.3 Å². The minimum atomic E-state index is -5.08. The number of imidazole rings is 1. The highest BCUT2D eigenvalue weighted by Crippen LogP contribution is 2.14. The molecule has 0 aromatic carbocycles. The molecule has 1 amide bonds. The van der Waals surface area contributed by atoms with Crippen LogP contribution >= 0.6 is 0 Å². The molecule has 2 heterocycles. The van der Waals surface area contributed by atoms with Gasteiger partial charge in [-0.15, -0.1) is 0 Å². The van der Waals surface area contributed by atoms with Gasteiger partial charge in [0.15, 0.2) is 0 Å². The number of carbonyl (C=O) groups is 3. The number of likely N-dealkylation sites (tertiary alicyclic amines) is 1. The average molecular weight is 450 g/mol. The minimum Gasteiger partial charge on any atom is -0.475 e. The number of H-pyrrole nitrogens is 1. The Hall–Kier alpha value is -2.84. The molecule has 1 fully saturated rings. The van der Waals surface area contributed by atoms with Crippen LogP contribution in [0.3, 0.4) is 0 Å². The molecule has 0 aliphatic carbocycles. The molecule has 0 spiro atoms. The van der Waals surface area contributed by atoms with E-state index in [0.29, 0.717) is 6.42 Å². The van der Waals surface area contributed by atoms with Gasteiger partial charge in [0, 0.05) is 31.4 Å². The Kier molecular flexibility index (Phi) is 10.9. The summed E-state index contributed by atoms with van der Waals surface area (Å²) in [5.74, 6) is -5.45. The third-order valence-electron chi connectivity index (χ3n) is 3.46. The molecule has 0 unspecified atom stereocenters. The Morgan fingerprint density at radius 1 is 1.03 bits per heavy atom. The topological polar surface area (TPSA) is 150 Å². The molecule has 1 atom stereocenters. The van der Waals surface area contributed by atoms with Gasteiger partial charge in [-0.05, 0) is 19.3 Å². The van der Waals surface area contributed by atoms with Crippen molar-refractivity contribution in [1.82, 2.24) is 14.9 Å². The summed E-state index contributed by atoms with van der Waals surface area (Å²) in [6, 6.07) is -0.446. The Morgan fingerprint density at radius 3 is 1.80 bits per heavy atom.